The van der Waals surface area contributed by atoms with Crippen LogP contribution in [0.1, 0.15) is 25.3 Å². The van der Waals surface area contributed by atoms with Crippen molar-refractivity contribution in [1.29, 1.82) is 0 Å². The average molecular weight is 466 g/mol. The molecule has 1 aromatic heterocycles. The topological polar surface area (TPSA) is 86.6 Å². The number of Topliss-reactive ketones (excluding diaryl/α,β-unsaturated/α-hetero) is 1. The van der Waals surface area contributed by atoms with Crippen LogP contribution in [0.2, 0.25) is 0 Å². The Hall–Kier alpha value is -2.78. The van der Waals surface area contributed by atoms with Gasteiger partial charge in [0, 0.05) is 37.4 Å². The number of ketones is 1. The van der Waals surface area contributed by atoms with Crippen LogP contribution < -0.4 is 10.2 Å². The number of hydrogen-bond acceptors (Lipinski definition) is 9. The molecule has 1 aromatic carbocycles. The van der Waals surface area contributed by atoms with Gasteiger partial charge in [-0.15, -0.1) is 0 Å². The predicted molar refractivity (Wildman–Crippen MR) is 133 cm³/mol. The molecule has 8 nitrogen and oxygen atoms in total. The Morgan fingerprint density at radius 2 is 1.85 bits per heavy atom. The molecule has 1 N–H and O–H groups in total. The van der Waals surface area contributed by atoms with Crippen LogP contribution in [0.25, 0.3) is 0 Å². The van der Waals surface area contributed by atoms with Gasteiger partial charge in [-0.05, 0) is 75.0 Å². The normalized spacial score (nSPS) is 15.4. The summed E-state index contributed by atoms with van der Waals surface area (Å²) in [5, 5.41) is 3.84. The first kappa shape index (κ1) is 23.4. The fourth-order valence-corrected chi connectivity index (χ4v) is 4.07. The lowest BCUT2D eigenvalue weighted by atomic mass is 10.1. The highest BCUT2D eigenvalue weighted by molar-refractivity contribution is 7.99. The zero-order chi connectivity index (χ0) is 23.4. The first-order valence-corrected chi connectivity index (χ1v) is 12.1. The van der Waals surface area contributed by atoms with Crippen molar-refractivity contribution < 1.29 is 4.79 Å². The van der Waals surface area contributed by atoms with E-state index in [0.29, 0.717) is 41.7 Å². The highest BCUT2D eigenvalue weighted by Crippen LogP contribution is 2.31. The summed E-state index contributed by atoms with van der Waals surface area (Å²) in [5.74, 6) is 2.51. The van der Waals surface area contributed by atoms with E-state index in [1.807, 2.05) is 56.4 Å². The van der Waals surface area contributed by atoms with Crippen molar-refractivity contribution in [2.75, 3.05) is 51.0 Å². The molecule has 2 heterocycles. The lowest BCUT2D eigenvalue weighted by molar-refractivity contribution is -0.119. The van der Waals surface area contributed by atoms with Gasteiger partial charge in [-0.1, -0.05) is 12.1 Å². The summed E-state index contributed by atoms with van der Waals surface area (Å²) in [5.41, 5.74) is 2.25. The molecule has 1 fully saturated rings. The number of carbonyl (C=O) groups excluding carboxylic acids is 1. The van der Waals surface area contributed by atoms with Gasteiger partial charge < -0.3 is 15.1 Å². The Morgan fingerprint density at radius 1 is 1.09 bits per heavy atom. The minimum absolute atomic E-state index is 0.293. The minimum Gasteiger partial charge on any atom is -0.342 e. The predicted octanol–water partition coefficient (Wildman–Crippen LogP) is 3.31. The second-order valence-electron chi connectivity index (χ2n) is 8.95. The van der Waals surface area contributed by atoms with Crippen molar-refractivity contribution in [2.24, 2.45) is 10.9 Å². The van der Waals surface area contributed by atoms with E-state index in [9.17, 15) is 4.79 Å². The average Bonchev–Trinajstić information content (AvgIpc) is 3.56. The van der Waals surface area contributed by atoms with E-state index in [2.05, 4.69) is 32.1 Å². The quantitative estimate of drug-likeness (QED) is 0.572. The maximum absolute atomic E-state index is 12.1. The largest absolute Gasteiger partial charge is 0.342 e. The molecular formula is C24H31N7OS. The highest BCUT2D eigenvalue weighted by Gasteiger charge is 2.29. The van der Waals surface area contributed by atoms with Gasteiger partial charge in [0.05, 0.1) is 6.54 Å². The van der Waals surface area contributed by atoms with Crippen LogP contribution in [0.3, 0.4) is 0 Å². The molecule has 0 radical (unpaired) electrons. The van der Waals surface area contributed by atoms with Gasteiger partial charge in [0.25, 0.3) is 0 Å². The van der Waals surface area contributed by atoms with Gasteiger partial charge in [-0.2, -0.15) is 15.0 Å². The number of amidine groups is 1. The maximum Gasteiger partial charge on any atom is 0.234 e. The molecule has 0 amide bonds. The van der Waals surface area contributed by atoms with Gasteiger partial charge in [0.15, 0.2) is 5.16 Å². The van der Waals surface area contributed by atoms with Crippen molar-refractivity contribution in [2.45, 2.75) is 36.2 Å². The monoisotopic (exact) mass is 465 g/mol. The SMILES string of the molecule is CC1=CC(Nc2nc(Sc3ccc(CC(=O)C4CC4)cc3)nc(N(C)CCN(C)C)n2)=NC1. The molecule has 1 saturated carbocycles. The molecular weight excluding hydrogens is 434 g/mol. The summed E-state index contributed by atoms with van der Waals surface area (Å²) >= 11 is 1.48. The van der Waals surface area contributed by atoms with E-state index < -0.39 is 0 Å². The Bertz CT molecular complexity index is 1060. The first-order valence-electron chi connectivity index (χ1n) is 11.3. The van der Waals surface area contributed by atoms with Gasteiger partial charge in [-0.3, -0.25) is 9.79 Å². The van der Waals surface area contributed by atoms with Gasteiger partial charge in [0.1, 0.15) is 11.6 Å². The zero-order valence-electron chi connectivity index (χ0n) is 19.7. The van der Waals surface area contributed by atoms with Crippen LogP contribution in [0.15, 0.2) is 51.0 Å². The highest BCUT2D eigenvalue weighted by atomic mass is 32.2. The summed E-state index contributed by atoms with van der Waals surface area (Å²) in [7, 11) is 6.08. The Labute approximate surface area is 199 Å². The third-order valence-corrected chi connectivity index (χ3v) is 6.37. The molecule has 33 heavy (non-hydrogen) atoms. The van der Waals surface area contributed by atoms with Crippen LogP contribution in [0.5, 0.6) is 0 Å². The minimum atomic E-state index is 0.293. The molecule has 1 aliphatic carbocycles. The zero-order valence-corrected chi connectivity index (χ0v) is 20.5. The van der Waals surface area contributed by atoms with Crippen LogP contribution in [0, 0.1) is 5.92 Å². The van der Waals surface area contributed by atoms with Crippen molar-refractivity contribution >= 4 is 35.3 Å². The fourth-order valence-electron chi connectivity index (χ4n) is 3.32. The third-order valence-electron chi connectivity index (χ3n) is 5.49. The molecule has 2 aromatic rings. The number of rotatable bonds is 10. The second-order valence-corrected chi connectivity index (χ2v) is 9.99. The van der Waals surface area contributed by atoms with Crippen LogP contribution >= 0.6 is 11.8 Å². The van der Waals surface area contributed by atoms with E-state index in [1.54, 1.807) is 0 Å². The summed E-state index contributed by atoms with van der Waals surface area (Å²) in [6.07, 6.45) is 4.63. The van der Waals surface area contributed by atoms with Crippen LogP contribution in [-0.2, 0) is 11.2 Å². The Balaban J connectivity index is 1.50. The Kier molecular flexibility index (Phi) is 7.39. The summed E-state index contributed by atoms with van der Waals surface area (Å²) in [6, 6.07) is 8.10. The molecule has 0 atom stereocenters. The number of carbonyl (C=O) groups is 1. The van der Waals surface area contributed by atoms with Crippen LogP contribution in [0.4, 0.5) is 11.9 Å². The Morgan fingerprint density at radius 3 is 2.48 bits per heavy atom. The molecule has 2 aliphatic rings. The molecule has 174 valence electrons. The van der Waals surface area contributed by atoms with Crippen molar-refractivity contribution in [3.63, 3.8) is 0 Å². The standard InChI is InChI=1S/C24H31N7OS/c1-16-13-21(25-15-16)26-22-27-23(31(4)12-11-30(2)3)29-24(28-22)33-19-9-5-17(6-10-19)14-20(32)18-7-8-18/h5-6,9-10,13,18H,7-8,11-12,14-15H2,1-4H3,(H,25,26,27,28,29). The van der Waals surface area contributed by atoms with E-state index in [-0.39, 0.29) is 0 Å². The summed E-state index contributed by atoms with van der Waals surface area (Å²) in [6.45, 7) is 4.43. The number of anilines is 2. The summed E-state index contributed by atoms with van der Waals surface area (Å²) in [4.78, 5) is 35.7. The molecule has 1 aliphatic heterocycles. The van der Waals surface area contributed by atoms with Crippen molar-refractivity contribution in [3.05, 3.63) is 41.5 Å². The number of aromatic nitrogens is 3. The van der Waals surface area contributed by atoms with E-state index in [1.165, 1.54) is 17.3 Å². The fraction of sp³-hybridized carbons (Fsp3) is 0.458. The second kappa shape index (κ2) is 10.4. The van der Waals surface area contributed by atoms with Crippen LogP contribution in [-0.4, -0.2) is 72.2 Å². The molecule has 0 spiro atoms. The maximum atomic E-state index is 12.1. The summed E-state index contributed by atoms with van der Waals surface area (Å²) < 4.78 is 0. The molecule has 9 heteroatoms. The third kappa shape index (κ3) is 6.85. The molecule has 0 unspecified atom stereocenters. The van der Waals surface area contributed by atoms with E-state index >= 15 is 0 Å². The molecule has 0 bridgehead atoms. The number of nitrogens with one attached hydrogen (secondary N) is 1. The first-order chi connectivity index (χ1) is 15.9. The molecule has 4 rings (SSSR count). The van der Waals surface area contributed by atoms with E-state index in [4.69, 9.17) is 4.98 Å². The van der Waals surface area contributed by atoms with Crippen molar-refractivity contribution in [3.8, 4) is 0 Å². The lowest BCUT2D eigenvalue weighted by Gasteiger charge is -2.20. The number of benzene rings is 1. The van der Waals surface area contributed by atoms with E-state index in [0.717, 1.165) is 42.2 Å². The number of hydrogen-bond donors (Lipinski definition) is 1. The molecule has 0 saturated heterocycles. The van der Waals surface area contributed by atoms with Crippen molar-refractivity contribution in [1.82, 2.24) is 19.9 Å². The lowest BCUT2D eigenvalue weighted by Crippen LogP contribution is -2.30. The van der Waals surface area contributed by atoms with Gasteiger partial charge in [0.2, 0.25) is 11.9 Å². The number of likely N-dealkylation sites (N-methyl/N-ethyl adjacent to an activating group) is 2. The number of aliphatic imine (C=N–C) groups is 1. The van der Waals surface area contributed by atoms with Gasteiger partial charge in [-0.25, -0.2) is 0 Å². The smallest absolute Gasteiger partial charge is 0.234 e. The van der Waals surface area contributed by atoms with Gasteiger partial charge >= 0.3 is 0 Å². The number of nitrogens with zero attached hydrogens (tertiary/aromatic N) is 6.